The first-order valence-corrected chi connectivity index (χ1v) is 8.28. The van der Waals surface area contributed by atoms with Gasteiger partial charge in [-0.05, 0) is 17.5 Å². The van der Waals surface area contributed by atoms with E-state index >= 15 is 0 Å². The second-order valence-corrected chi connectivity index (χ2v) is 6.17. The summed E-state index contributed by atoms with van der Waals surface area (Å²) in [7, 11) is 0. The van der Waals surface area contributed by atoms with Crippen LogP contribution in [0.25, 0.3) is 0 Å². The van der Waals surface area contributed by atoms with E-state index < -0.39 is 11.4 Å². The predicted molar refractivity (Wildman–Crippen MR) is 101 cm³/mol. The van der Waals surface area contributed by atoms with Crippen molar-refractivity contribution in [3.05, 3.63) is 71.8 Å². The van der Waals surface area contributed by atoms with E-state index in [9.17, 15) is 9.90 Å². The molecule has 0 atom stereocenters. The highest BCUT2D eigenvalue weighted by Gasteiger charge is 2.46. The summed E-state index contributed by atoms with van der Waals surface area (Å²) in [4.78, 5) is 13.0. The van der Waals surface area contributed by atoms with Crippen LogP contribution in [0.15, 0.2) is 60.7 Å². The largest absolute Gasteiger partial charge is 0.480 e. The monoisotopic (exact) mass is 342 g/mol. The molecule has 0 heterocycles. The molecule has 4 heteroatoms. The normalized spacial score (nSPS) is 11.0. The summed E-state index contributed by atoms with van der Waals surface area (Å²) in [6.07, 6.45) is 1.05. The van der Waals surface area contributed by atoms with Gasteiger partial charge in [0.25, 0.3) is 0 Å². The quantitative estimate of drug-likeness (QED) is 0.585. The molecule has 2 nitrogen and oxygen atoms in total. The molecule has 0 amide bonds. The number of hydrogen-bond donors (Lipinski definition) is 1. The van der Waals surface area contributed by atoms with Crippen molar-refractivity contribution in [1.82, 2.24) is 0 Å². The number of hydrogen-bond acceptors (Lipinski definition) is 3. The van der Waals surface area contributed by atoms with Crippen molar-refractivity contribution in [3.63, 3.8) is 0 Å². The minimum absolute atomic E-state index is 0.376. The molecule has 0 saturated heterocycles. The summed E-state index contributed by atoms with van der Waals surface area (Å²) < 4.78 is 0. The van der Waals surface area contributed by atoms with Crippen LogP contribution in [0.5, 0.6) is 0 Å². The lowest BCUT2D eigenvalue weighted by Gasteiger charge is -2.31. The van der Waals surface area contributed by atoms with Gasteiger partial charge in [-0.1, -0.05) is 98.4 Å². The average Bonchev–Trinajstić information content (AvgIpc) is 2.59. The van der Waals surface area contributed by atoms with Gasteiger partial charge in [0.05, 0.1) is 0 Å². The minimum Gasteiger partial charge on any atom is -0.480 e. The van der Waals surface area contributed by atoms with Gasteiger partial charge in [-0.3, -0.25) is 4.79 Å². The average molecular weight is 342 g/mol. The third-order valence-electron chi connectivity index (χ3n) is 3.84. The molecule has 0 fully saturated rings. The maximum Gasteiger partial charge on any atom is 0.320 e. The zero-order chi connectivity index (χ0) is 16.9. The van der Waals surface area contributed by atoms with E-state index in [0.717, 1.165) is 11.1 Å². The highest BCUT2D eigenvalue weighted by atomic mass is 32.1. The first kappa shape index (κ1) is 17.4. The minimum atomic E-state index is -1.35. The van der Waals surface area contributed by atoms with Crippen LogP contribution in [-0.4, -0.2) is 20.8 Å². The zero-order valence-electron chi connectivity index (χ0n) is 12.9. The van der Waals surface area contributed by atoms with Crippen LogP contribution in [-0.2, 0) is 4.79 Å². The fourth-order valence-electron chi connectivity index (χ4n) is 2.68. The molecule has 0 aliphatic carbocycles. The van der Waals surface area contributed by atoms with E-state index in [0.29, 0.717) is 22.6 Å². The van der Waals surface area contributed by atoms with Crippen LogP contribution in [0.1, 0.15) is 30.9 Å². The molecule has 23 heavy (non-hydrogen) atoms. The molecule has 0 bridgehead atoms. The first-order chi connectivity index (χ1) is 11.0. The van der Waals surface area contributed by atoms with Crippen LogP contribution in [0.2, 0.25) is 0 Å². The number of rotatable bonds is 7. The van der Waals surface area contributed by atoms with Crippen molar-refractivity contribution in [1.29, 1.82) is 0 Å². The van der Waals surface area contributed by atoms with E-state index in [-0.39, 0.29) is 0 Å². The molecular formula is C19H18O2S2. The number of carboxylic acid groups (broad SMARTS) is 1. The summed E-state index contributed by atoms with van der Waals surface area (Å²) in [5.41, 5.74) is 0.121. The molecule has 0 unspecified atom stereocenters. The molecule has 0 aliphatic heterocycles. The molecular weight excluding hydrogens is 324 g/mol. The molecule has 2 aromatic carbocycles. The second-order valence-electron chi connectivity index (χ2n) is 5.35. The summed E-state index contributed by atoms with van der Waals surface area (Å²) in [6.45, 7) is 1.94. The van der Waals surface area contributed by atoms with Gasteiger partial charge in [0.15, 0.2) is 0 Å². The standard InChI is InChI=1S/C19H18O2S2/c1-2-13-19(18(20)21,16(22)14-9-5-3-6-10-14)17(23)15-11-7-4-8-12-15/h3-12H,2,13H2,1H3,(H,20,21). The Morgan fingerprint density at radius 2 is 1.30 bits per heavy atom. The van der Waals surface area contributed by atoms with Crippen LogP contribution < -0.4 is 0 Å². The van der Waals surface area contributed by atoms with Gasteiger partial charge in [-0.2, -0.15) is 0 Å². The summed E-state index contributed by atoms with van der Waals surface area (Å²) in [6, 6.07) is 18.5. The van der Waals surface area contributed by atoms with Crippen molar-refractivity contribution >= 4 is 40.1 Å². The van der Waals surface area contributed by atoms with E-state index in [1.165, 1.54) is 0 Å². The molecule has 1 N–H and O–H groups in total. The van der Waals surface area contributed by atoms with Gasteiger partial charge in [0.1, 0.15) is 5.41 Å². The summed E-state index contributed by atoms with van der Waals surface area (Å²) >= 11 is 11.2. The van der Waals surface area contributed by atoms with Crippen molar-refractivity contribution in [3.8, 4) is 0 Å². The maximum atomic E-state index is 12.3. The fraction of sp³-hybridized carbons (Fsp3) is 0.211. The molecule has 0 spiro atoms. The fourth-order valence-corrected chi connectivity index (χ4v) is 3.60. The van der Waals surface area contributed by atoms with Crippen molar-refractivity contribution in [2.45, 2.75) is 19.8 Å². The van der Waals surface area contributed by atoms with Crippen molar-refractivity contribution < 1.29 is 9.90 Å². The van der Waals surface area contributed by atoms with Crippen LogP contribution >= 0.6 is 24.4 Å². The number of thiocarbonyl (C=S) groups is 2. The van der Waals surface area contributed by atoms with Gasteiger partial charge in [-0.15, -0.1) is 0 Å². The van der Waals surface area contributed by atoms with Gasteiger partial charge in [-0.25, -0.2) is 0 Å². The maximum absolute atomic E-state index is 12.3. The van der Waals surface area contributed by atoms with Crippen LogP contribution in [0, 0.1) is 5.41 Å². The Morgan fingerprint density at radius 1 is 0.913 bits per heavy atom. The molecule has 2 aromatic rings. The number of benzene rings is 2. The highest BCUT2D eigenvalue weighted by Crippen LogP contribution is 2.35. The SMILES string of the molecule is CCCC(C(=O)O)(C(=S)c1ccccc1)C(=S)c1ccccc1. The topological polar surface area (TPSA) is 37.3 Å². The van der Waals surface area contributed by atoms with Crippen molar-refractivity contribution in [2.24, 2.45) is 5.41 Å². The van der Waals surface area contributed by atoms with E-state index in [1.807, 2.05) is 67.6 Å². The Balaban J connectivity index is 2.59. The Hall–Kier alpha value is -1.91. The zero-order valence-corrected chi connectivity index (χ0v) is 14.5. The smallest absolute Gasteiger partial charge is 0.320 e. The summed E-state index contributed by atoms with van der Waals surface area (Å²) in [5.74, 6) is -0.984. The van der Waals surface area contributed by atoms with Gasteiger partial charge < -0.3 is 5.11 Å². The van der Waals surface area contributed by atoms with Crippen LogP contribution in [0.3, 0.4) is 0 Å². The Bertz CT molecular complexity index is 657. The Labute approximate surface area is 147 Å². The van der Waals surface area contributed by atoms with Crippen molar-refractivity contribution in [2.75, 3.05) is 0 Å². The third-order valence-corrected chi connectivity index (χ3v) is 5.01. The van der Waals surface area contributed by atoms with Gasteiger partial charge in [0, 0.05) is 9.73 Å². The van der Waals surface area contributed by atoms with Crippen LogP contribution in [0.4, 0.5) is 0 Å². The lowest BCUT2D eigenvalue weighted by atomic mass is 9.73. The molecule has 0 saturated carbocycles. The second kappa shape index (κ2) is 7.57. The number of aliphatic carboxylic acids is 1. The van der Waals surface area contributed by atoms with E-state index in [1.54, 1.807) is 0 Å². The van der Waals surface area contributed by atoms with Gasteiger partial charge in [0.2, 0.25) is 0 Å². The lowest BCUT2D eigenvalue weighted by molar-refractivity contribution is -0.141. The molecule has 0 radical (unpaired) electrons. The molecule has 0 aliphatic rings. The highest BCUT2D eigenvalue weighted by molar-refractivity contribution is 7.83. The Kier molecular flexibility index (Phi) is 5.74. The van der Waals surface area contributed by atoms with E-state index in [4.69, 9.17) is 24.4 Å². The summed E-state index contributed by atoms with van der Waals surface area (Å²) in [5, 5.41) is 10.0. The molecule has 2 rings (SSSR count). The third kappa shape index (κ3) is 3.38. The first-order valence-electron chi connectivity index (χ1n) is 7.47. The molecule has 118 valence electrons. The number of carboxylic acids is 1. The predicted octanol–water partition coefficient (Wildman–Crippen LogP) is 4.69. The molecule has 0 aromatic heterocycles. The van der Waals surface area contributed by atoms with E-state index in [2.05, 4.69) is 0 Å². The number of carbonyl (C=O) groups is 1. The Morgan fingerprint density at radius 3 is 1.61 bits per heavy atom. The van der Waals surface area contributed by atoms with Gasteiger partial charge >= 0.3 is 5.97 Å². The lowest BCUT2D eigenvalue weighted by Crippen LogP contribution is -2.45.